The van der Waals surface area contributed by atoms with Crippen LogP contribution < -0.4 is 0 Å². The Kier molecular flexibility index (Phi) is 6.38. The smallest absolute Gasteiger partial charge is 0.324 e. The Hall–Kier alpha value is -1.97. The molecule has 0 bridgehead atoms. The second-order valence-corrected chi connectivity index (χ2v) is 8.18. The predicted octanol–water partition coefficient (Wildman–Crippen LogP) is 4.35. The zero-order chi connectivity index (χ0) is 19.5. The van der Waals surface area contributed by atoms with E-state index in [2.05, 4.69) is 27.7 Å². The summed E-state index contributed by atoms with van der Waals surface area (Å²) in [6, 6.07) is 7.28. The molecule has 1 aromatic carbocycles. The van der Waals surface area contributed by atoms with Crippen LogP contribution in [0.4, 0.5) is 0 Å². The molecule has 26 heavy (non-hydrogen) atoms. The van der Waals surface area contributed by atoms with Crippen LogP contribution in [0, 0.1) is 17.8 Å². The molecule has 0 spiro atoms. The summed E-state index contributed by atoms with van der Waals surface area (Å²) in [7, 11) is 1.23. The van der Waals surface area contributed by atoms with Gasteiger partial charge in [0.1, 0.15) is 0 Å². The van der Waals surface area contributed by atoms with Crippen LogP contribution in [0.3, 0.4) is 0 Å². The fraction of sp³-hybridized carbons (Fsp3) is 0.591. The number of hydrogen-bond acceptors (Lipinski definition) is 4. The number of carbonyl (C=O) groups excluding carboxylic acids is 3. The summed E-state index contributed by atoms with van der Waals surface area (Å²) in [5.74, 6) is -1.93. The molecule has 4 nitrogen and oxygen atoms in total. The number of rotatable bonds is 7. The highest BCUT2D eigenvalue weighted by molar-refractivity contribution is 6.28. The fourth-order valence-electron chi connectivity index (χ4n) is 3.84. The molecule has 0 aliphatic heterocycles. The minimum Gasteiger partial charge on any atom is -0.468 e. The number of methoxy groups -OCH3 is 1. The number of carbonyl (C=O) groups is 3. The fourth-order valence-corrected chi connectivity index (χ4v) is 3.84. The Labute approximate surface area is 156 Å². The van der Waals surface area contributed by atoms with E-state index in [0.29, 0.717) is 30.2 Å². The lowest BCUT2D eigenvalue weighted by atomic mass is 9.60. The molecular weight excluding hydrogens is 328 g/mol. The van der Waals surface area contributed by atoms with Gasteiger partial charge in [-0.1, -0.05) is 52.0 Å². The average Bonchev–Trinajstić information content (AvgIpc) is 2.61. The van der Waals surface area contributed by atoms with Crippen molar-refractivity contribution in [1.82, 2.24) is 0 Å². The van der Waals surface area contributed by atoms with Crippen LogP contribution in [0.2, 0.25) is 0 Å². The first-order chi connectivity index (χ1) is 12.2. The van der Waals surface area contributed by atoms with E-state index in [1.165, 1.54) is 7.11 Å². The van der Waals surface area contributed by atoms with E-state index >= 15 is 0 Å². The van der Waals surface area contributed by atoms with Crippen LogP contribution in [-0.2, 0) is 19.7 Å². The topological polar surface area (TPSA) is 60.4 Å². The first-order valence-corrected chi connectivity index (χ1v) is 9.50. The molecular formula is C22H30O4. The van der Waals surface area contributed by atoms with E-state index in [4.69, 9.17) is 4.74 Å². The molecule has 1 aliphatic carbocycles. The van der Waals surface area contributed by atoms with Gasteiger partial charge in [-0.3, -0.25) is 14.4 Å². The molecule has 0 aromatic heterocycles. The summed E-state index contributed by atoms with van der Waals surface area (Å²) in [4.78, 5) is 38.7. The second-order valence-electron chi connectivity index (χ2n) is 8.18. The van der Waals surface area contributed by atoms with Crippen molar-refractivity contribution >= 4 is 17.5 Å². The molecule has 0 fully saturated rings. The summed E-state index contributed by atoms with van der Waals surface area (Å²) in [5, 5.41) is 0. The monoisotopic (exact) mass is 358 g/mol. The van der Waals surface area contributed by atoms with Gasteiger partial charge in [0.2, 0.25) is 0 Å². The van der Waals surface area contributed by atoms with Crippen molar-refractivity contribution in [3.8, 4) is 0 Å². The van der Waals surface area contributed by atoms with Gasteiger partial charge in [0.25, 0.3) is 0 Å². The van der Waals surface area contributed by atoms with E-state index in [1.54, 1.807) is 12.1 Å². The highest BCUT2D eigenvalue weighted by Gasteiger charge is 2.53. The van der Waals surface area contributed by atoms with Gasteiger partial charge in [0.05, 0.1) is 12.5 Å². The number of hydrogen-bond donors (Lipinski definition) is 0. The molecule has 1 aliphatic rings. The maximum Gasteiger partial charge on any atom is 0.324 e. The third-order valence-electron chi connectivity index (χ3n) is 5.44. The van der Waals surface area contributed by atoms with Crippen molar-refractivity contribution < 1.29 is 19.1 Å². The summed E-state index contributed by atoms with van der Waals surface area (Å²) in [6.07, 6.45) is 3.02. The van der Waals surface area contributed by atoms with E-state index < -0.39 is 23.1 Å². The van der Waals surface area contributed by atoms with E-state index in [-0.39, 0.29) is 5.78 Å². The standard InChI is InChI=1S/C22H30O4/c1-14(2)10-12-22(13-11-15(3)4)17-9-7-6-8-16(17)19(23)18(20(22)24)21(25)26-5/h6-9,14-15,18H,10-13H2,1-5H3. The second kappa shape index (κ2) is 8.15. The molecule has 0 amide bonds. The van der Waals surface area contributed by atoms with E-state index in [9.17, 15) is 14.4 Å². The van der Waals surface area contributed by atoms with Crippen LogP contribution in [0.1, 0.15) is 69.3 Å². The average molecular weight is 358 g/mol. The first kappa shape index (κ1) is 20.3. The number of Topliss-reactive ketones (excluding diaryl/α,β-unsaturated/α-hetero) is 2. The first-order valence-electron chi connectivity index (χ1n) is 9.50. The lowest BCUT2D eigenvalue weighted by Gasteiger charge is -2.40. The molecule has 4 heteroatoms. The molecule has 0 radical (unpaired) electrons. The van der Waals surface area contributed by atoms with Gasteiger partial charge in [-0.25, -0.2) is 0 Å². The predicted molar refractivity (Wildman–Crippen MR) is 101 cm³/mol. The summed E-state index contributed by atoms with van der Waals surface area (Å²) in [5.41, 5.74) is 0.490. The molecule has 1 aromatic rings. The molecule has 142 valence electrons. The van der Waals surface area contributed by atoms with Gasteiger partial charge >= 0.3 is 5.97 Å². The molecule has 0 heterocycles. The maximum absolute atomic E-state index is 13.5. The Morgan fingerprint density at radius 1 is 1.04 bits per heavy atom. The summed E-state index contributed by atoms with van der Waals surface area (Å²) in [6.45, 7) is 8.49. The van der Waals surface area contributed by atoms with Crippen molar-refractivity contribution in [3.63, 3.8) is 0 Å². The summed E-state index contributed by atoms with van der Waals surface area (Å²) >= 11 is 0. The van der Waals surface area contributed by atoms with Gasteiger partial charge in [-0.15, -0.1) is 0 Å². The number of benzene rings is 1. The van der Waals surface area contributed by atoms with Gasteiger partial charge in [0.15, 0.2) is 17.5 Å². The van der Waals surface area contributed by atoms with Gasteiger partial charge in [0, 0.05) is 5.56 Å². The van der Waals surface area contributed by atoms with Crippen molar-refractivity contribution in [3.05, 3.63) is 35.4 Å². The largest absolute Gasteiger partial charge is 0.468 e. The molecule has 2 rings (SSSR count). The Balaban J connectivity index is 2.63. The minimum absolute atomic E-state index is 0.283. The number of ether oxygens (including phenoxy) is 1. The van der Waals surface area contributed by atoms with Crippen molar-refractivity contribution in [1.29, 1.82) is 0 Å². The third kappa shape index (κ3) is 3.74. The summed E-state index contributed by atoms with van der Waals surface area (Å²) < 4.78 is 4.81. The Bertz CT molecular complexity index is 675. The van der Waals surface area contributed by atoms with Crippen molar-refractivity contribution in [2.24, 2.45) is 17.8 Å². The van der Waals surface area contributed by atoms with Gasteiger partial charge < -0.3 is 4.74 Å². The lowest BCUT2D eigenvalue weighted by Crippen LogP contribution is -2.51. The maximum atomic E-state index is 13.5. The van der Waals surface area contributed by atoms with Crippen LogP contribution in [-0.4, -0.2) is 24.6 Å². The van der Waals surface area contributed by atoms with Gasteiger partial charge in [-0.05, 0) is 43.1 Å². The lowest BCUT2D eigenvalue weighted by molar-refractivity contribution is -0.149. The van der Waals surface area contributed by atoms with E-state index in [0.717, 1.165) is 18.4 Å². The molecule has 0 N–H and O–H groups in total. The quantitative estimate of drug-likeness (QED) is 0.537. The SMILES string of the molecule is COC(=O)C1C(=O)c2ccccc2C(CCC(C)C)(CCC(C)C)C1=O. The highest BCUT2D eigenvalue weighted by Crippen LogP contribution is 2.45. The van der Waals surface area contributed by atoms with Crippen LogP contribution >= 0.6 is 0 Å². The zero-order valence-electron chi connectivity index (χ0n) is 16.5. The molecule has 0 saturated carbocycles. The normalized spacial score (nSPS) is 19.0. The van der Waals surface area contributed by atoms with Crippen molar-refractivity contribution in [2.75, 3.05) is 7.11 Å². The molecule has 1 unspecified atom stereocenters. The molecule has 0 saturated heterocycles. The molecule has 1 atom stereocenters. The van der Waals surface area contributed by atoms with Crippen LogP contribution in [0.25, 0.3) is 0 Å². The van der Waals surface area contributed by atoms with Crippen LogP contribution in [0.15, 0.2) is 24.3 Å². The zero-order valence-corrected chi connectivity index (χ0v) is 16.5. The number of esters is 1. The third-order valence-corrected chi connectivity index (χ3v) is 5.44. The highest BCUT2D eigenvalue weighted by atomic mass is 16.5. The van der Waals surface area contributed by atoms with Gasteiger partial charge in [-0.2, -0.15) is 0 Å². The minimum atomic E-state index is -1.34. The number of fused-ring (bicyclic) bond motifs is 1. The Morgan fingerprint density at radius 2 is 1.58 bits per heavy atom. The van der Waals surface area contributed by atoms with Crippen LogP contribution in [0.5, 0.6) is 0 Å². The Morgan fingerprint density at radius 3 is 2.08 bits per heavy atom. The van der Waals surface area contributed by atoms with E-state index in [1.807, 2.05) is 12.1 Å². The van der Waals surface area contributed by atoms with Crippen molar-refractivity contribution in [2.45, 2.75) is 58.8 Å². The number of ketones is 2.